The molecule has 0 aromatic carbocycles. The maximum absolute atomic E-state index is 11.2. The summed E-state index contributed by atoms with van der Waals surface area (Å²) in [6.45, 7) is 0. The van der Waals surface area contributed by atoms with E-state index in [2.05, 4.69) is 30.3 Å². The minimum atomic E-state index is -0.500. The van der Waals surface area contributed by atoms with E-state index in [0.717, 1.165) is 0 Å². The molecule has 2 aromatic rings. The van der Waals surface area contributed by atoms with Gasteiger partial charge in [-0.3, -0.25) is 0 Å². The number of carbonyl (C=O) groups is 1. The molecule has 0 saturated carbocycles. The van der Waals surface area contributed by atoms with Crippen LogP contribution in [0.5, 0.6) is 0 Å². The lowest BCUT2D eigenvalue weighted by atomic mass is 10.2. The molecule has 1 N–H and O–H groups in total. The van der Waals surface area contributed by atoms with Gasteiger partial charge in [-0.05, 0) is 17.3 Å². The second kappa shape index (κ2) is 3.82. The van der Waals surface area contributed by atoms with E-state index in [0.29, 0.717) is 11.4 Å². The van der Waals surface area contributed by atoms with E-state index < -0.39 is 5.97 Å². The fraction of sp³-hybridized carbons (Fsp3) is 0.125. The summed E-state index contributed by atoms with van der Waals surface area (Å²) in [5.41, 5.74) is 0.860. The number of aromatic nitrogens is 5. The van der Waals surface area contributed by atoms with Crippen molar-refractivity contribution >= 4 is 5.97 Å². The average Bonchev–Trinajstić information content (AvgIpc) is 2.82. The van der Waals surface area contributed by atoms with Crippen LogP contribution in [-0.2, 0) is 4.74 Å². The molecule has 7 nitrogen and oxygen atoms in total. The topological polar surface area (TPSA) is 93.7 Å². The third-order valence-corrected chi connectivity index (χ3v) is 1.76. The number of methoxy groups -OCH3 is 1. The second-order valence-corrected chi connectivity index (χ2v) is 2.66. The van der Waals surface area contributed by atoms with E-state index >= 15 is 0 Å². The Hall–Kier alpha value is -2.31. The first kappa shape index (κ1) is 9.25. The van der Waals surface area contributed by atoms with Crippen LogP contribution in [0.1, 0.15) is 10.5 Å². The fourth-order valence-corrected chi connectivity index (χ4v) is 1.07. The zero-order valence-corrected chi connectivity index (χ0v) is 7.84. The van der Waals surface area contributed by atoms with Crippen molar-refractivity contribution in [1.29, 1.82) is 0 Å². The van der Waals surface area contributed by atoms with Gasteiger partial charge in [0.25, 0.3) is 0 Å². The first-order valence-corrected chi connectivity index (χ1v) is 4.09. The van der Waals surface area contributed by atoms with E-state index in [-0.39, 0.29) is 5.69 Å². The van der Waals surface area contributed by atoms with Gasteiger partial charge in [0, 0.05) is 11.8 Å². The van der Waals surface area contributed by atoms with Crippen LogP contribution in [0, 0.1) is 0 Å². The number of H-pyrrole nitrogens is 1. The molecule has 0 spiro atoms. The summed E-state index contributed by atoms with van der Waals surface area (Å²) in [5.74, 6) is -0.0945. The van der Waals surface area contributed by atoms with Gasteiger partial charge in [0.05, 0.1) is 7.11 Å². The van der Waals surface area contributed by atoms with E-state index in [1.54, 1.807) is 6.07 Å². The summed E-state index contributed by atoms with van der Waals surface area (Å²) in [6.07, 6.45) is 1.48. The maximum Gasteiger partial charge on any atom is 0.356 e. The van der Waals surface area contributed by atoms with E-state index in [4.69, 9.17) is 0 Å². The highest BCUT2D eigenvalue weighted by molar-refractivity contribution is 5.88. The number of nitrogens with one attached hydrogen (secondary N) is 1. The van der Waals surface area contributed by atoms with Crippen LogP contribution in [-0.4, -0.2) is 38.7 Å². The van der Waals surface area contributed by atoms with Crippen molar-refractivity contribution < 1.29 is 9.53 Å². The molecule has 0 saturated heterocycles. The number of tetrazole rings is 1. The Morgan fingerprint density at radius 3 is 3.07 bits per heavy atom. The summed E-state index contributed by atoms with van der Waals surface area (Å²) in [4.78, 5) is 15.0. The van der Waals surface area contributed by atoms with E-state index in [1.807, 2.05) is 0 Å². The number of pyridine rings is 1. The molecule has 0 bridgehead atoms. The molecule has 0 aliphatic carbocycles. The van der Waals surface area contributed by atoms with Crippen LogP contribution in [0.2, 0.25) is 0 Å². The standard InChI is InChI=1S/C8H7N5O2/c1-15-8(14)6-4-5(2-3-9-6)7-10-12-13-11-7/h2-4H,1H3,(H,10,11,12,13). The minimum absolute atomic E-state index is 0.208. The maximum atomic E-state index is 11.2. The predicted octanol–water partition coefficient (Wildman–Crippen LogP) is 0.0483. The number of rotatable bonds is 2. The first-order valence-electron chi connectivity index (χ1n) is 4.09. The summed E-state index contributed by atoms with van der Waals surface area (Å²) in [6, 6.07) is 3.22. The highest BCUT2D eigenvalue weighted by atomic mass is 16.5. The zero-order valence-electron chi connectivity index (χ0n) is 7.84. The Bertz CT molecular complexity index is 468. The zero-order chi connectivity index (χ0) is 10.7. The van der Waals surface area contributed by atoms with E-state index in [1.165, 1.54) is 19.4 Å². The lowest BCUT2D eigenvalue weighted by molar-refractivity contribution is 0.0594. The van der Waals surface area contributed by atoms with Gasteiger partial charge in [0.2, 0.25) is 5.82 Å². The molecule has 0 aliphatic heterocycles. The Morgan fingerprint density at radius 1 is 1.53 bits per heavy atom. The molecule has 0 atom stereocenters. The summed E-state index contributed by atoms with van der Waals surface area (Å²) in [5, 5.41) is 13.3. The fourth-order valence-electron chi connectivity index (χ4n) is 1.07. The van der Waals surface area contributed by atoms with Gasteiger partial charge in [-0.15, -0.1) is 10.2 Å². The van der Waals surface area contributed by atoms with Crippen molar-refractivity contribution in [2.45, 2.75) is 0 Å². The number of carbonyl (C=O) groups excluding carboxylic acids is 1. The molecule has 0 fully saturated rings. The lowest BCUT2D eigenvalue weighted by Crippen LogP contribution is -2.03. The number of aromatic amines is 1. The van der Waals surface area contributed by atoms with Crippen LogP contribution in [0.4, 0.5) is 0 Å². The molecule has 0 aliphatic rings. The second-order valence-electron chi connectivity index (χ2n) is 2.66. The van der Waals surface area contributed by atoms with Crippen molar-refractivity contribution in [3.63, 3.8) is 0 Å². The van der Waals surface area contributed by atoms with Crippen molar-refractivity contribution in [2.24, 2.45) is 0 Å². The van der Waals surface area contributed by atoms with Crippen LogP contribution in [0.3, 0.4) is 0 Å². The van der Waals surface area contributed by atoms with Gasteiger partial charge in [-0.2, -0.15) is 5.21 Å². The third kappa shape index (κ3) is 1.80. The first-order chi connectivity index (χ1) is 7.31. The Labute approximate surface area is 84.5 Å². The molecule has 0 radical (unpaired) electrons. The molecule has 7 heteroatoms. The van der Waals surface area contributed by atoms with Gasteiger partial charge < -0.3 is 4.74 Å². The van der Waals surface area contributed by atoms with Gasteiger partial charge in [0.15, 0.2) is 0 Å². The Balaban J connectivity index is 2.39. The summed E-state index contributed by atoms with van der Waals surface area (Å²) >= 11 is 0. The van der Waals surface area contributed by atoms with Gasteiger partial charge in [0.1, 0.15) is 5.69 Å². The smallest absolute Gasteiger partial charge is 0.356 e. The van der Waals surface area contributed by atoms with Gasteiger partial charge in [-0.1, -0.05) is 0 Å². The summed E-state index contributed by atoms with van der Waals surface area (Å²) < 4.78 is 4.54. The molecule has 0 unspecified atom stereocenters. The molecule has 2 rings (SSSR count). The van der Waals surface area contributed by atoms with Crippen LogP contribution in [0.15, 0.2) is 18.3 Å². The number of hydrogen-bond acceptors (Lipinski definition) is 6. The monoisotopic (exact) mass is 205 g/mol. The van der Waals surface area contributed by atoms with Crippen molar-refractivity contribution in [1.82, 2.24) is 25.6 Å². The molecule has 2 aromatic heterocycles. The molecular weight excluding hydrogens is 198 g/mol. The Kier molecular flexibility index (Phi) is 2.36. The summed E-state index contributed by atoms with van der Waals surface area (Å²) in [7, 11) is 1.30. The quantitative estimate of drug-likeness (QED) is 0.696. The Morgan fingerprint density at radius 2 is 2.40 bits per heavy atom. The number of hydrogen-bond donors (Lipinski definition) is 1. The SMILES string of the molecule is COC(=O)c1cc(-c2nn[nH]n2)ccn1. The lowest BCUT2D eigenvalue weighted by Gasteiger charge is -1.98. The van der Waals surface area contributed by atoms with Crippen molar-refractivity contribution in [3.05, 3.63) is 24.0 Å². The molecule has 76 valence electrons. The molecule has 2 heterocycles. The largest absolute Gasteiger partial charge is 0.464 e. The average molecular weight is 205 g/mol. The normalized spacial score (nSPS) is 9.93. The number of ether oxygens (including phenoxy) is 1. The predicted molar refractivity (Wildman–Crippen MR) is 48.7 cm³/mol. The highest BCUT2D eigenvalue weighted by Gasteiger charge is 2.10. The van der Waals surface area contributed by atoms with Crippen molar-refractivity contribution in [2.75, 3.05) is 7.11 Å². The number of nitrogens with zero attached hydrogens (tertiary/aromatic N) is 4. The van der Waals surface area contributed by atoms with Gasteiger partial charge in [-0.25, -0.2) is 9.78 Å². The molecule has 15 heavy (non-hydrogen) atoms. The van der Waals surface area contributed by atoms with Crippen LogP contribution in [0.25, 0.3) is 11.4 Å². The third-order valence-electron chi connectivity index (χ3n) is 1.76. The van der Waals surface area contributed by atoms with Crippen molar-refractivity contribution in [3.8, 4) is 11.4 Å². The van der Waals surface area contributed by atoms with Gasteiger partial charge >= 0.3 is 5.97 Å². The van der Waals surface area contributed by atoms with E-state index in [9.17, 15) is 4.79 Å². The van der Waals surface area contributed by atoms with Crippen LogP contribution >= 0.6 is 0 Å². The number of esters is 1. The highest BCUT2D eigenvalue weighted by Crippen LogP contribution is 2.13. The minimum Gasteiger partial charge on any atom is -0.464 e. The van der Waals surface area contributed by atoms with Crippen LogP contribution < -0.4 is 0 Å². The molecule has 0 amide bonds. The molecular formula is C8H7N5O2.